The zero-order valence-electron chi connectivity index (χ0n) is 12.8. The minimum absolute atomic E-state index is 0.0393. The highest BCUT2D eigenvalue weighted by Gasteiger charge is 2.20. The number of rotatable bonds is 7. The fourth-order valence-electron chi connectivity index (χ4n) is 2.05. The molecule has 1 amide bonds. The van der Waals surface area contributed by atoms with Crippen LogP contribution in [0.1, 0.15) is 30.6 Å². The fraction of sp³-hybridized carbons (Fsp3) is 0.500. The number of carbonyl (C=O) groups is 1. The van der Waals surface area contributed by atoms with E-state index in [9.17, 15) is 17.6 Å². The maximum Gasteiger partial charge on any atom is 0.255 e. The van der Waals surface area contributed by atoms with Gasteiger partial charge in [-0.15, -0.1) is 0 Å². The molecule has 0 aliphatic heterocycles. The number of amides is 1. The van der Waals surface area contributed by atoms with Crippen LogP contribution in [0.4, 0.5) is 4.39 Å². The van der Waals surface area contributed by atoms with Gasteiger partial charge in [0.15, 0.2) is 0 Å². The smallest absolute Gasteiger partial charge is 0.255 e. The third kappa shape index (κ3) is 5.23. The molecule has 0 unspecified atom stereocenters. The lowest BCUT2D eigenvalue weighted by atomic mass is 10.2. The first-order chi connectivity index (χ1) is 10.1. The van der Waals surface area contributed by atoms with Crippen molar-refractivity contribution < 1.29 is 17.6 Å². The summed E-state index contributed by atoms with van der Waals surface area (Å²) in [5.74, 6) is -1.30. The molecule has 1 rings (SSSR count). The molecule has 0 heterocycles. The first-order valence-electron chi connectivity index (χ1n) is 6.83. The van der Waals surface area contributed by atoms with Crippen LogP contribution in [-0.2, 0) is 10.0 Å². The van der Waals surface area contributed by atoms with Crippen molar-refractivity contribution in [3.8, 4) is 0 Å². The van der Waals surface area contributed by atoms with Gasteiger partial charge in [0.1, 0.15) is 5.82 Å². The summed E-state index contributed by atoms with van der Waals surface area (Å²) in [6.45, 7) is 4.06. The Morgan fingerprint density at radius 1 is 1.41 bits per heavy atom. The van der Waals surface area contributed by atoms with Crippen molar-refractivity contribution in [2.45, 2.75) is 26.3 Å². The van der Waals surface area contributed by atoms with Gasteiger partial charge in [0.2, 0.25) is 10.0 Å². The highest BCUT2D eigenvalue weighted by atomic mass is 35.5. The van der Waals surface area contributed by atoms with Gasteiger partial charge in [-0.2, -0.15) is 4.31 Å². The molecule has 1 aromatic rings. The third-order valence-corrected chi connectivity index (χ3v) is 4.80. The molecular weight excluding hydrogens is 331 g/mol. The first kappa shape index (κ1) is 18.9. The molecule has 5 nitrogen and oxygen atoms in total. The summed E-state index contributed by atoms with van der Waals surface area (Å²) in [7, 11) is -3.29. The van der Waals surface area contributed by atoms with Crippen molar-refractivity contribution >= 4 is 27.5 Å². The quantitative estimate of drug-likeness (QED) is 0.767. The molecule has 1 aromatic carbocycles. The molecular formula is C14H20ClFN2O3S. The van der Waals surface area contributed by atoms with E-state index >= 15 is 0 Å². The molecule has 0 aliphatic carbocycles. The van der Waals surface area contributed by atoms with Crippen LogP contribution in [0.15, 0.2) is 18.2 Å². The fourth-order valence-corrected chi connectivity index (χ4v) is 3.52. The Kier molecular flexibility index (Phi) is 6.77. The summed E-state index contributed by atoms with van der Waals surface area (Å²) in [5.41, 5.74) is -0.201. The lowest BCUT2D eigenvalue weighted by Crippen LogP contribution is -2.38. The van der Waals surface area contributed by atoms with Crippen LogP contribution in [0.2, 0.25) is 5.02 Å². The average Bonchev–Trinajstić information content (AvgIpc) is 2.36. The summed E-state index contributed by atoms with van der Waals surface area (Å²) in [4.78, 5) is 11.9. The van der Waals surface area contributed by atoms with Crippen LogP contribution in [-0.4, -0.2) is 44.0 Å². The molecule has 0 saturated heterocycles. The van der Waals surface area contributed by atoms with Crippen molar-refractivity contribution in [3.63, 3.8) is 0 Å². The summed E-state index contributed by atoms with van der Waals surface area (Å²) in [6, 6.07) is 3.85. The van der Waals surface area contributed by atoms with E-state index in [0.717, 1.165) is 12.3 Å². The molecule has 0 atom stereocenters. The van der Waals surface area contributed by atoms with Crippen LogP contribution in [0.5, 0.6) is 0 Å². The minimum Gasteiger partial charge on any atom is -0.352 e. The number of nitrogens with one attached hydrogen (secondary N) is 1. The zero-order chi connectivity index (χ0) is 16.9. The minimum atomic E-state index is -3.29. The number of nitrogens with zero attached hydrogens (tertiary/aromatic N) is 1. The summed E-state index contributed by atoms with van der Waals surface area (Å²) >= 11 is 5.80. The highest BCUT2D eigenvalue weighted by molar-refractivity contribution is 7.88. The number of benzene rings is 1. The summed E-state index contributed by atoms with van der Waals surface area (Å²) in [5, 5.41) is 2.58. The van der Waals surface area contributed by atoms with Crippen LogP contribution in [0.3, 0.4) is 0 Å². The Hall–Kier alpha value is -1.18. The van der Waals surface area contributed by atoms with Gasteiger partial charge >= 0.3 is 0 Å². The second kappa shape index (κ2) is 7.89. The molecule has 1 N–H and O–H groups in total. The molecule has 22 heavy (non-hydrogen) atoms. The van der Waals surface area contributed by atoms with E-state index in [4.69, 9.17) is 11.6 Å². The number of carbonyl (C=O) groups excluding carboxylic acids is 1. The predicted molar refractivity (Wildman–Crippen MR) is 85.0 cm³/mol. The number of hydrogen-bond acceptors (Lipinski definition) is 3. The van der Waals surface area contributed by atoms with Crippen molar-refractivity contribution in [2.24, 2.45) is 0 Å². The SMILES string of the molecule is CC(C)N(CCCNC(=O)c1c(F)cccc1Cl)S(C)(=O)=O. The van der Waals surface area contributed by atoms with Gasteiger partial charge in [0.25, 0.3) is 5.91 Å². The third-order valence-electron chi connectivity index (χ3n) is 3.03. The Balaban J connectivity index is 2.56. The van der Waals surface area contributed by atoms with Crippen molar-refractivity contribution in [3.05, 3.63) is 34.6 Å². The molecule has 0 aromatic heterocycles. The maximum absolute atomic E-state index is 13.6. The van der Waals surface area contributed by atoms with E-state index in [2.05, 4.69) is 5.32 Å². The van der Waals surface area contributed by atoms with Crippen LogP contribution < -0.4 is 5.32 Å². The van der Waals surface area contributed by atoms with Crippen molar-refractivity contribution in [1.29, 1.82) is 0 Å². The molecule has 0 fully saturated rings. The van der Waals surface area contributed by atoms with Gasteiger partial charge in [-0.3, -0.25) is 4.79 Å². The number of halogens is 2. The molecule has 0 radical (unpaired) electrons. The Bertz CT molecular complexity index is 615. The second-order valence-corrected chi connectivity index (χ2v) is 7.52. The van der Waals surface area contributed by atoms with E-state index in [1.807, 2.05) is 0 Å². The largest absolute Gasteiger partial charge is 0.352 e. The normalized spacial score (nSPS) is 12.0. The van der Waals surface area contributed by atoms with Crippen molar-refractivity contribution in [2.75, 3.05) is 19.3 Å². The van der Waals surface area contributed by atoms with Gasteiger partial charge in [-0.25, -0.2) is 12.8 Å². The van der Waals surface area contributed by atoms with Crippen molar-refractivity contribution in [1.82, 2.24) is 9.62 Å². The predicted octanol–water partition coefficient (Wildman–Crippen LogP) is 2.27. The van der Waals surface area contributed by atoms with Gasteiger partial charge in [-0.1, -0.05) is 17.7 Å². The molecule has 0 saturated carbocycles. The first-order valence-corrected chi connectivity index (χ1v) is 9.06. The van der Waals surface area contributed by atoms with E-state index in [1.54, 1.807) is 13.8 Å². The van der Waals surface area contributed by atoms with Gasteiger partial charge in [0.05, 0.1) is 16.8 Å². The van der Waals surface area contributed by atoms with Crippen LogP contribution in [0, 0.1) is 5.82 Å². The van der Waals surface area contributed by atoms with Gasteiger partial charge in [0, 0.05) is 19.1 Å². The summed E-state index contributed by atoms with van der Waals surface area (Å²) in [6.07, 6.45) is 1.56. The van der Waals surface area contributed by atoms with Gasteiger partial charge in [-0.05, 0) is 32.4 Å². The van der Waals surface area contributed by atoms with Crippen LogP contribution >= 0.6 is 11.6 Å². The molecule has 8 heteroatoms. The lowest BCUT2D eigenvalue weighted by molar-refractivity contribution is 0.0948. The highest BCUT2D eigenvalue weighted by Crippen LogP contribution is 2.18. The molecule has 0 spiro atoms. The van der Waals surface area contributed by atoms with E-state index in [-0.39, 0.29) is 29.7 Å². The topological polar surface area (TPSA) is 66.5 Å². The standard InChI is InChI=1S/C14H20ClFN2O3S/c1-10(2)18(22(3,20)21)9-5-8-17-14(19)13-11(15)6-4-7-12(13)16/h4,6-7,10H,5,8-9H2,1-3H3,(H,17,19). The van der Waals surface area contributed by atoms with Gasteiger partial charge < -0.3 is 5.32 Å². The number of hydrogen-bond donors (Lipinski definition) is 1. The number of sulfonamides is 1. The van der Waals surface area contributed by atoms with E-state index < -0.39 is 21.7 Å². The van der Waals surface area contributed by atoms with Crippen LogP contribution in [0.25, 0.3) is 0 Å². The van der Waals surface area contributed by atoms with E-state index in [0.29, 0.717) is 6.42 Å². The molecule has 0 aliphatic rings. The Morgan fingerprint density at radius 3 is 2.55 bits per heavy atom. The average molecular weight is 351 g/mol. The zero-order valence-corrected chi connectivity index (χ0v) is 14.3. The monoisotopic (exact) mass is 350 g/mol. The summed E-state index contributed by atoms with van der Waals surface area (Å²) < 4.78 is 38.1. The van der Waals surface area contributed by atoms with E-state index in [1.165, 1.54) is 16.4 Å². The Labute approximate surface area is 135 Å². The second-order valence-electron chi connectivity index (χ2n) is 5.17. The molecule has 124 valence electrons. The lowest BCUT2D eigenvalue weighted by Gasteiger charge is -2.23. The molecule has 0 bridgehead atoms. The maximum atomic E-state index is 13.6. The Morgan fingerprint density at radius 2 is 2.05 bits per heavy atom.